The number of rotatable bonds is 10. The van der Waals surface area contributed by atoms with Gasteiger partial charge in [-0.3, -0.25) is 10.6 Å². The second-order valence-corrected chi connectivity index (χ2v) is 17.3. The van der Waals surface area contributed by atoms with Gasteiger partial charge in [-0.05, 0) is 86.3 Å². The maximum Gasteiger partial charge on any atom is 0.411 e. The number of hydrogen-bond acceptors (Lipinski definition) is 12. The van der Waals surface area contributed by atoms with Crippen LogP contribution < -0.4 is 20.1 Å². The molecule has 4 rings (SSSR count). The fourth-order valence-corrected chi connectivity index (χ4v) is 7.83. The van der Waals surface area contributed by atoms with Gasteiger partial charge in [0.2, 0.25) is 10.0 Å². The smallest absolute Gasteiger partial charge is 0.411 e. The van der Waals surface area contributed by atoms with E-state index in [1.54, 1.807) is 57.7 Å². The number of aromatic nitrogens is 2. The van der Waals surface area contributed by atoms with Crippen LogP contribution in [0.2, 0.25) is 0 Å². The number of hydrogen-bond donors (Lipinski definition) is 3. The van der Waals surface area contributed by atoms with Crippen molar-refractivity contribution in [3.05, 3.63) is 36.7 Å². The Morgan fingerprint density at radius 3 is 2.25 bits per heavy atom. The summed E-state index contributed by atoms with van der Waals surface area (Å²) >= 11 is 1.19. The van der Waals surface area contributed by atoms with E-state index in [1.807, 2.05) is 20.8 Å². The van der Waals surface area contributed by atoms with Crippen molar-refractivity contribution in [3.63, 3.8) is 0 Å². The summed E-state index contributed by atoms with van der Waals surface area (Å²) in [5.41, 5.74) is -0.0706. The maximum absolute atomic E-state index is 13.7. The van der Waals surface area contributed by atoms with E-state index >= 15 is 0 Å². The fraction of sp³-hybridized carbons (Fsp3) is 0.514. The quantitative estimate of drug-likeness (QED) is 0.179. The number of amides is 3. The van der Waals surface area contributed by atoms with Crippen LogP contribution in [0.5, 0.6) is 5.75 Å². The minimum Gasteiger partial charge on any atom is -0.494 e. The van der Waals surface area contributed by atoms with Crippen LogP contribution >= 0.6 is 11.3 Å². The van der Waals surface area contributed by atoms with Crippen LogP contribution in [0, 0.1) is 5.92 Å². The molecule has 52 heavy (non-hydrogen) atoms. The van der Waals surface area contributed by atoms with Gasteiger partial charge in [0.25, 0.3) is 0 Å². The summed E-state index contributed by atoms with van der Waals surface area (Å²) in [7, 11) is -2.64. The molecule has 3 N–H and O–H groups in total. The number of thiazole rings is 1. The first kappa shape index (κ1) is 40.3. The number of benzene rings is 1. The Labute approximate surface area is 308 Å². The highest BCUT2D eigenvalue weighted by Gasteiger charge is 2.29. The number of carbonyl (C=O) groups is 3. The molecule has 0 bridgehead atoms. The van der Waals surface area contributed by atoms with Gasteiger partial charge in [0.1, 0.15) is 22.1 Å². The first-order valence-electron chi connectivity index (χ1n) is 16.8. The molecule has 1 saturated heterocycles. The molecule has 3 heterocycles. The SMILES string of the molecule is COc1cc(NC(=O)OC(C)C)cnc1-c1ncc(-c2ccc(NC(=O)OCC3CCN(C(=O)OC(C)(C)C)CC3)cc2S(=O)(=O)NC(C)(C)C)s1. The van der Waals surface area contributed by atoms with E-state index < -0.39 is 33.3 Å². The minimum absolute atomic E-state index is 0.0567. The van der Waals surface area contributed by atoms with Gasteiger partial charge in [-0.15, -0.1) is 11.3 Å². The molecular formula is C35H48N6O9S2. The number of nitrogens with zero attached hydrogens (tertiary/aromatic N) is 3. The van der Waals surface area contributed by atoms with E-state index in [4.69, 9.17) is 18.9 Å². The zero-order chi connectivity index (χ0) is 38.4. The second-order valence-electron chi connectivity index (χ2n) is 14.6. The van der Waals surface area contributed by atoms with Crippen molar-refractivity contribution >= 4 is 51.0 Å². The molecule has 3 amide bonds. The molecule has 1 aliphatic heterocycles. The van der Waals surface area contributed by atoms with Crippen LogP contribution in [-0.2, 0) is 24.2 Å². The van der Waals surface area contributed by atoms with Gasteiger partial charge in [-0.25, -0.2) is 37.5 Å². The Bertz CT molecular complexity index is 1860. The Hall–Kier alpha value is -4.48. The predicted octanol–water partition coefficient (Wildman–Crippen LogP) is 7.11. The normalized spacial score (nSPS) is 14.2. The van der Waals surface area contributed by atoms with Crippen LogP contribution in [0.15, 0.2) is 41.6 Å². The van der Waals surface area contributed by atoms with E-state index in [2.05, 4.69) is 25.3 Å². The number of carbonyl (C=O) groups excluding carboxylic acids is 3. The molecule has 1 aliphatic rings. The number of anilines is 2. The molecule has 0 radical (unpaired) electrons. The minimum atomic E-state index is -4.10. The van der Waals surface area contributed by atoms with Crippen LogP contribution in [0.4, 0.5) is 25.8 Å². The van der Waals surface area contributed by atoms with Crippen molar-refractivity contribution in [1.29, 1.82) is 0 Å². The lowest BCUT2D eigenvalue weighted by Gasteiger charge is -2.33. The van der Waals surface area contributed by atoms with Gasteiger partial charge < -0.3 is 23.8 Å². The standard InChI is InChI=1S/C35H48N6O9S2/c1-21(2)49-32(43)39-24-16-26(47-9)29(36-18-24)30-37-19-27(51-30)25-11-10-23(17-28(25)52(45,46)40-34(3,4)5)38-31(42)48-20-22-12-14-41(15-13-22)33(44)50-35(6,7)8/h10-11,16-19,21-22,40H,12-15,20H2,1-9H3,(H,38,42)(H,39,43). The van der Waals surface area contributed by atoms with Crippen molar-refractivity contribution in [2.24, 2.45) is 5.92 Å². The summed E-state index contributed by atoms with van der Waals surface area (Å²) in [6, 6.07) is 6.13. The van der Waals surface area contributed by atoms with Crippen molar-refractivity contribution in [3.8, 4) is 26.9 Å². The molecule has 0 unspecified atom stereocenters. The van der Waals surface area contributed by atoms with E-state index in [-0.39, 0.29) is 35.3 Å². The Morgan fingerprint density at radius 2 is 1.63 bits per heavy atom. The molecule has 3 aromatic rings. The second kappa shape index (κ2) is 16.5. The van der Waals surface area contributed by atoms with Gasteiger partial charge >= 0.3 is 18.3 Å². The topological polar surface area (TPSA) is 187 Å². The Balaban J connectivity index is 1.51. The molecule has 1 fully saturated rings. The van der Waals surface area contributed by atoms with Gasteiger partial charge in [0.05, 0.1) is 41.5 Å². The van der Waals surface area contributed by atoms with Crippen molar-refractivity contribution < 1.29 is 41.7 Å². The average Bonchev–Trinajstić information content (AvgIpc) is 3.51. The number of sulfonamides is 1. The third kappa shape index (κ3) is 11.5. The number of ether oxygens (including phenoxy) is 4. The van der Waals surface area contributed by atoms with E-state index in [1.165, 1.54) is 36.9 Å². The summed E-state index contributed by atoms with van der Waals surface area (Å²) in [4.78, 5) is 48.3. The first-order chi connectivity index (χ1) is 24.2. The third-order valence-corrected chi connectivity index (χ3v) is 10.1. The number of pyridine rings is 1. The van der Waals surface area contributed by atoms with Crippen molar-refractivity contribution in [1.82, 2.24) is 19.6 Å². The molecule has 17 heteroatoms. The summed E-state index contributed by atoms with van der Waals surface area (Å²) < 4.78 is 51.8. The average molecular weight is 761 g/mol. The van der Waals surface area contributed by atoms with Crippen LogP contribution in [0.3, 0.4) is 0 Å². The molecule has 0 spiro atoms. The van der Waals surface area contributed by atoms with Crippen LogP contribution in [0.1, 0.15) is 68.2 Å². The summed E-state index contributed by atoms with van der Waals surface area (Å²) in [6.45, 7) is 15.2. The van der Waals surface area contributed by atoms with Gasteiger partial charge in [0.15, 0.2) is 0 Å². The Kier molecular flexibility index (Phi) is 12.8. The molecule has 2 aromatic heterocycles. The Morgan fingerprint density at radius 1 is 0.962 bits per heavy atom. The predicted molar refractivity (Wildman–Crippen MR) is 198 cm³/mol. The lowest BCUT2D eigenvalue weighted by molar-refractivity contribution is 0.0152. The van der Waals surface area contributed by atoms with Crippen molar-refractivity contribution in [2.45, 2.75) is 90.4 Å². The zero-order valence-electron chi connectivity index (χ0n) is 31.0. The summed E-state index contributed by atoms with van der Waals surface area (Å²) in [5, 5.41) is 5.69. The molecule has 0 aliphatic carbocycles. The molecule has 15 nitrogen and oxygen atoms in total. The van der Waals surface area contributed by atoms with Gasteiger partial charge in [-0.1, -0.05) is 6.07 Å². The molecule has 1 aromatic carbocycles. The lowest BCUT2D eigenvalue weighted by Crippen LogP contribution is -2.42. The van der Waals surface area contributed by atoms with Gasteiger partial charge in [-0.2, -0.15) is 0 Å². The van der Waals surface area contributed by atoms with Crippen molar-refractivity contribution in [2.75, 3.05) is 37.4 Å². The van der Waals surface area contributed by atoms with E-state index in [0.29, 0.717) is 58.5 Å². The third-order valence-electron chi connectivity index (χ3n) is 7.31. The fourth-order valence-electron chi connectivity index (χ4n) is 5.14. The highest BCUT2D eigenvalue weighted by Crippen LogP contribution is 2.39. The number of piperidine rings is 1. The highest BCUT2D eigenvalue weighted by molar-refractivity contribution is 7.89. The number of likely N-dealkylation sites (tertiary alicyclic amines) is 1. The van der Waals surface area contributed by atoms with Crippen LogP contribution in [0.25, 0.3) is 21.1 Å². The monoisotopic (exact) mass is 760 g/mol. The lowest BCUT2D eigenvalue weighted by atomic mass is 9.98. The summed E-state index contributed by atoms with van der Waals surface area (Å²) in [5.74, 6) is 0.387. The zero-order valence-corrected chi connectivity index (χ0v) is 32.6. The van der Waals surface area contributed by atoms with E-state index in [0.717, 1.165) is 0 Å². The van der Waals surface area contributed by atoms with E-state index in [9.17, 15) is 22.8 Å². The van der Waals surface area contributed by atoms with Gasteiger partial charge in [0, 0.05) is 42.1 Å². The summed E-state index contributed by atoms with van der Waals surface area (Å²) in [6.07, 6.45) is 2.24. The highest BCUT2D eigenvalue weighted by atomic mass is 32.2. The number of methoxy groups -OCH3 is 1. The largest absolute Gasteiger partial charge is 0.494 e. The molecule has 0 saturated carbocycles. The molecule has 0 atom stereocenters. The number of nitrogens with one attached hydrogen (secondary N) is 3. The maximum atomic E-state index is 13.7. The van der Waals surface area contributed by atoms with Crippen LogP contribution in [-0.4, -0.2) is 85.6 Å². The molecular weight excluding hydrogens is 713 g/mol. The first-order valence-corrected chi connectivity index (χ1v) is 19.1. The molecule has 284 valence electrons.